The molecule has 1 rings (SSSR count). The minimum absolute atomic E-state index is 0.250. The summed E-state index contributed by atoms with van der Waals surface area (Å²) >= 11 is 11.9. The zero-order valence-corrected chi connectivity index (χ0v) is 12.9. The number of anilines is 1. The molecule has 0 radical (unpaired) electrons. The van der Waals surface area contributed by atoms with Gasteiger partial charge in [0.2, 0.25) is 0 Å². The van der Waals surface area contributed by atoms with Gasteiger partial charge in [0, 0.05) is 12.7 Å². The van der Waals surface area contributed by atoms with Gasteiger partial charge >= 0.3 is 0 Å². The predicted octanol–water partition coefficient (Wildman–Crippen LogP) is 5.41. The minimum Gasteiger partial charge on any atom is -0.368 e. The summed E-state index contributed by atoms with van der Waals surface area (Å²) in [7, 11) is 0. The van der Waals surface area contributed by atoms with E-state index in [1.54, 1.807) is 12.3 Å². The first-order chi connectivity index (χ1) is 8.44. The van der Waals surface area contributed by atoms with E-state index < -0.39 is 0 Å². The third kappa shape index (κ3) is 5.45. The minimum atomic E-state index is 0.250. The SMILES string of the molecule is CCCCCC(C)(C)CNc1ncc(Cl)cc1Cl. The van der Waals surface area contributed by atoms with E-state index in [-0.39, 0.29) is 5.41 Å². The smallest absolute Gasteiger partial charge is 0.144 e. The van der Waals surface area contributed by atoms with Gasteiger partial charge in [-0.25, -0.2) is 4.98 Å². The Morgan fingerprint density at radius 1 is 1.28 bits per heavy atom. The fourth-order valence-corrected chi connectivity index (χ4v) is 2.26. The van der Waals surface area contributed by atoms with Crippen LogP contribution in [0, 0.1) is 5.41 Å². The van der Waals surface area contributed by atoms with Gasteiger partial charge in [0.05, 0.1) is 10.0 Å². The molecule has 1 aromatic heterocycles. The predicted molar refractivity (Wildman–Crippen MR) is 80.7 cm³/mol. The molecule has 1 heterocycles. The van der Waals surface area contributed by atoms with E-state index in [9.17, 15) is 0 Å². The van der Waals surface area contributed by atoms with Crippen molar-refractivity contribution in [2.75, 3.05) is 11.9 Å². The molecule has 1 aromatic rings. The summed E-state index contributed by atoms with van der Waals surface area (Å²) in [5, 5.41) is 4.44. The van der Waals surface area contributed by atoms with Gasteiger partial charge in [-0.2, -0.15) is 0 Å². The van der Waals surface area contributed by atoms with Gasteiger partial charge in [0.15, 0.2) is 0 Å². The molecule has 0 spiro atoms. The Bertz CT molecular complexity index is 378. The van der Waals surface area contributed by atoms with Crippen LogP contribution < -0.4 is 5.32 Å². The van der Waals surface area contributed by atoms with E-state index >= 15 is 0 Å². The van der Waals surface area contributed by atoms with Crippen LogP contribution in [-0.4, -0.2) is 11.5 Å². The molecule has 18 heavy (non-hydrogen) atoms. The first kappa shape index (κ1) is 15.6. The molecule has 0 bridgehead atoms. The number of hydrogen-bond acceptors (Lipinski definition) is 2. The van der Waals surface area contributed by atoms with Crippen molar-refractivity contribution in [3.63, 3.8) is 0 Å². The Labute approximate surface area is 120 Å². The molecule has 0 saturated heterocycles. The number of nitrogens with one attached hydrogen (secondary N) is 1. The molecule has 0 aromatic carbocycles. The fourth-order valence-electron chi connectivity index (χ4n) is 1.81. The molecular weight excluding hydrogens is 267 g/mol. The third-order valence-electron chi connectivity index (χ3n) is 3.00. The first-order valence-corrected chi connectivity index (χ1v) is 7.25. The second-order valence-electron chi connectivity index (χ2n) is 5.46. The molecule has 4 heteroatoms. The standard InChI is InChI=1S/C14H22Cl2N2/c1-4-5-6-7-14(2,3)10-18-13-12(16)8-11(15)9-17-13/h8-9H,4-7,10H2,1-3H3,(H,17,18). The molecule has 0 amide bonds. The average molecular weight is 289 g/mol. The number of hydrogen-bond donors (Lipinski definition) is 1. The van der Waals surface area contributed by atoms with Crippen molar-refractivity contribution in [2.45, 2.75) is 46.5 Å². The summed E-state index contributed by atoms with van der Waals surface area (Å²) in [4.78, 5) is 4.20. The lowest BCUT2D eigenvalue weighted by Crippen LogP contribution is -2.23. The Kier molecular flexibility index (Phi) is 6.24. The van der Waals surface area contributed by atoms with Crippen molar-refractivity contribution in [1.82, 2.24) is 4.98 Å². The third-order valence-corrected chi connectivity index (χ3v) is 3.49. The summed E-state index contributed by atoms with van der Waals surface area (Å²) in [6, 6.07) is 1.71. The summed E-state index contributed by atoms with van der Waals surface area (Å²) in [6.07, 6.45) is 6.64. The monoisotopic (exact) mass is 288 g/mol. The normalized spacial score (nSPS) is 11.6. The molecule has 0 unspecified atom stereocenters. The van der Waals surface area contributed by atoms with E-state index in [1.165, 1.54) is 25.7 Å². The molecular formula is C14H22Cl2N2. The summed E-state index contributed by atoms with van der Waals surface area (Å²) in [6.45, 7) is 7.62. The maximum atomic E-state index is 6.08. The second kappa shape index (κ2) is 7.20. The van der Waals surface area contributed by atoms with E-state index in [0.29, 0.717) is 15.9 Å². The highest BCUT2D eigenvalue weighted by Crippen LogP contribution is 2.27. The van der Waals surface area contributed by atoms with E-state index in [2.05, 4.69) is 31.1 Å². The maximum absolute atomic E-state index is 6.08. The molecule has 1 N–H and O–H groups in total. The highest BCUT2D eigenvalue weighted by atomic mass is 35.5. The molecule has 102 valence electrons. The van der Waals surface area contributed by atoms with Crippen LogP contribution in [-0.2, 0) is 0 Å². The summed E-state index contributed by atoms with van der Waals surface area (Å²) < 4.78 is 0. The van der Waals surface area contributed by atoms with Crippen LogP contribution in [0.5, 0.6) is 0 Å². The van der Waals surface area contributed by atoms with Crippen molar-refractivity contribution in [3.05, 3.63) is 22.3 Å². The average Bonchev–Trinajstić information content (AvgIpc) is 2.28. The van der Waals surface area contributed by atoms with Gasteiger partial charge in [-0.15, -0.1) is 0 Å². The van der Waals surface area contributed by atoms with Crippen molar-refractivity contribution in [3.8, 4) is 0 Å². The highest BCUT2D eigenvalue weighted by molar-refractivity contribution is 6.35. The molecule has 0 aliphatic carbocycles. The molecule has 0 atom stereocenters. The van der Waals surface area contributed by atoms with Gasteiger partial charge in [0.25, 0.3) is 0 Å². The van der Waals surface area contributed by atoms with E-state index in [1.807, 2.05) is 0 Å². The number of unbranched alkanes of at least 4 members (excludes halogenated alkanes) is 2. The summed E-state index contributed by atoms with van der Waals surface area (Å²) in [5.41, 5.74) is 0.250. The van der Waals surface area contributed by atoms with Crippen LogP contribution in [0.2, 0.25) is 10.0 Å². The molecule has 0 fully saturated rings. The van der Waals surface area contributed by atoms with Crippen LogP contribution in [0.25, 0.3) is 0 Å². The van der Waals surface area contributed by atoms with Gasteiger partial charge in [-0.05, 0) is 17.9 Å². The Morgan fingerprint density at radius 3 is 2.61 bits per heavy atom. The topological polar surface area (TPSA) is 24.9 Å². The van der Waals surface area contributed by atoms with Gasteiger partial charge < -0.3 is 5.32 Å². The Hall–Kier alpha value is -0.470. The van der Waals surface area contributed by atoms with Crippen LogP contribution in [0.4, 0.5) is 5.82 Å². The van der Waals surface area contributed by atoms with Crippen molar-refractivity contribution < 1.29 is 0 Å². The lowest BCUT2D eigenvalue weighted by Gasteiger charge is -2.25. The second-order valence-corrected chi connectivity index (χ2v) is 6.30. The lowest BCUT2D eigenvalue weighted by molar-refractivity contribution is 0.342. The number of halogens is 2. The molecule has 0 aliphatic heterocycles. The van der Waals surface area contributed by atoms with Crippen LogP contribution in [0.1, 0.15) is 46.5 Å². The Morgan fingerprint density at radius 2 is 2.00 bits per heavy atom. The maximum Gasteiger partial charge on any atom is 0.144 e. The van der Waals surface area contributed by atoms with Crippen molar-refractivity contribution in [1.29, 1.82) is 0 Å². The first-order valence-electron chi connectivity index (χ1n) is 6.49. The molecule has 2 nitrogen and oxygen atoms in total. The van der Waals surface area contributed by atoms with Gasteiger partial charge in [-0.1, -0.05) is 63.2 Å². The lowest BCUT2D eigenvalue weighted by atomic mass is 9.87. The van der Waals surface area contributed by atoms with Gasteiger partial charge in [-0.3, -0.25) is 0 Å². The molecule has 0 saturated carbocycles. The van der Waals surface area contributed by atoms with Crippen LogP contribution >= 0.6 is 23.2 Å². The molecule has 0 aliphatic rings. The number of pyridine rings is 1. The van der Waals surface area contributed by atoms with E-state index in [4.69, 9.17) is 23.2 Å². The number of rotatable bonds is 7. The summed E-state index contributed by atoms with van der Waals surface area (Å²) in [5.74, 6) is 0.713. The highest BCUT2D eigenvalue weighted by Gasteiger charge is 2.17. The quantitative estimate of drug-likeness (QED) is 0.679. The van der Waals surface area contributed by atoms with Crippen molar-refractivity contribution in [2.24, 2.45) is 5.41 Å². The largest absolute Gasteiger partial charge is 0.368 e. The van der Waals surface area contributed by atoms with Gasteiger partial charge in [0.1, 0.15) is 5.82 Å². The zero-order chi connectivity index (χ0) is 13.6. The van der Waals surface area contributed by atoms with E-state index in [0.717, 1.165) is 6.54 Å². The van der Waals surface area contributed by atoms with Crippen LogP contribution in [0.15, 0.2) is 12.3 Å². The van der Waals surface area contributed by atoms with Crippen LogP contribution in [0.3, 0.4) is 0 Å². The number of nitrogens with zero attached hydrogens (tertiary/aromatic N) is 1. The fraction of sp³-hybridized carbons (Fsp3) is 0.643. The van der Waals surface area contributed by atoms with Crippen molar-refractivity contribution >= 4 is 29.0 Å². The zero-order valence-electron chi connectivity index (χ0n) is 11.4. The Balaban J connectivity index is 2.48. The number of aromatic nitrogens is 1.